The molecule has 1 aromatic heterocycles. The molecule has 1 aliphatic rings. The molecule has 1 aliphatic heterocycles. The first kappa shape index (κ1) is 22.4. The molecule has 2 heterocycles. The highest BCUT2D eigenvalue weighted by Gasteiger charge is 2.26. The first-order valence-electron chi connectivity index (χ1n) is 10.4. The van der Waals surface area contributed by atoms with E-state index in [1.54, 1.807) is 42.5 Å². The van der Waals surface area contributed by atoms with E-state index in [0.29, 0.717) is 35.5 Å². The molecular weight excluding hydrogens is 452 g/mol. The van der Waals surface area contributed by atoms with Crippen LogP contribution >= 0.6 is 11.6 Å². The van der Waals surface area contributed by atoms with Gasteiger partial charge in [0.25, 0.3) is 0 Å². The van der Waals surface area contributed by atoms with Crippen LogP contribution in [0.5, 0.6) is 0 Å². The van der Waals surface area contributed by atoms with Crippen molar-refractivity contribution >= 4 is 33.2 Å². The number of carbonyl (C=O) groups is 1. The van der Waals surface area contributed by atoms with Crippen LogP contribution < -0.4 is 5.32 Å². The fraction of sp³-hybridized carbons (Fsp3) is 0.318. The van der Waals surface area contributed by atoms with Gasteiger partial charge in [-0.25, -0.2) is 8.42 Å². The summed E-state index contributed by atoms with van der Waals surface area (Å²) in [6, 6.07) is 13.4. The molecule has 0 radical (unpaired) electrons. The van der Waals surface area contributed by atoms with Crippen LogP contribution in [0.15, 0.2) is 57.9 Å². The molecule has 0 aliphatic carbocycles. The predicted molar refractivity (Wildman–Crippen MR) is 121 cm³/mol. The van der Waals surface area contributed by atoms with E-state index in [0.717, 1.165) is 24.8 Å². The summed E-state index contributed by atoms with van der Waals surface area (Å²) in [6.45, 7) is 1.06. The molecule has 0 unspecified atom stereocenters. The third-order valence-corrected chi connectivity index (χ3v) is 7.35. The quantitative estimate of drug-likeness (QED) is 0.551. The fourth-order valence-corrected chi connectivity index (χ4v) is 5.19. The average molecular weight is 475 g/mol. The Bertz CT molecular complexity index is 1190. The van der Waals surface area contributed by atoms with Crippen LogP contribution in [0.4, 0.5) is 5.69 Å². The molecule has 4 rings (SSSR count). The molecular formula is C22H23ClN4O4S. The van der Waals surface area contributed by atoms with Crippen LogP contribution in [0.25, 0.3) is 11.4 Å². The summed E-state index contributed by atoms with van der Waals surface area (Å²) in [4.78, 5) is 16.9. The van der Waals surface area contributed by atoms with Gasteiger partial charge >= 0.3 is 0 Å². The number of hydrogen-bond acceptors (Lipinski definition) is 6. The minimum absolute atomic E-state index is 0.116. The Morgan fingerprint density at radius 2 is 1.84 bits per heavy atom. The molecule has 1 saturated heterocycles. The zero-order valence-corrected chi connectivity index (χ0v) is 18.9. The van der Waals surface area contributed by atoms with Crippen LogP contribution in [0.3, 0.4) is 0 Å². The molecule has 8 nitrogen and oxygen atoms in total. The van der Waals surface area contributed by atoms with Crippen molar-refractivity contribution in [3.8, 4) is 11.4 Å². The van der Waals surface area contributed by atoms with Crippen molar-refractivity contribution in [2.75, 3.05) is 18.4 Å². The van der Waals surface area contributed by atoms with E-state index in [9.17, 15) is 13.2 Å². The van der Waals surface area contributed by atoms with Gasteiger partial charge in [0.05, 0.1) is 4.90 Å². The molecule has 0 atom stereocenters. The summed E-state index contributed by atoms with van der Waals surface area (Å²) in [5, 5.41) is 7.29. The molecule has 10 heteroatoms. The zero-order chi connectivity index (χ0) is 22.6. The first-order chi connectivity index (χ1) is 15.4. The van der Waals surface area contributed by atoms with Gasteiger partial charge in [-0.3, -0.25) is 4.79 Å². The molecule has 1 fully saturated rings. The summed E-state index contributed by atoms with van der Waals surface area (Å²) in [5.74, 6) is 0.489. The Hall–Kier alpha value is -2.75. The van der Waals surface area contributed by atoms with Gasteiger partial charge in [0.15, 0.2) is 0 Å². The zero-order valence-electron chi connectivity index (χ0n) is 17.3. The number of rotatable bonds is 7. The lowest BCUT2D eigenvalue weighted by atomic mass is 10.2. The molecule has 0 spiro atoms. The van der Waals surface area contributed by atoms with Gasteiger partial charge in [-0.1, -0.05) is 29.2 Å². The van der Waals surface area contributed by atoms with Crippen LogP contribution in [-0.4, -0.2) is 41.9 Å². The normalized spacial score (nSPS) is 14.9. The van der Waals surface area contributed by atoms with E-state index in [1.807, 2.05) is 0 Å². The lowest BCUT2D eigenvalue weighted by Crippen LogP contribution is -2.35. The molecule has 168 valence electrons. The number of aryl methyl sites for hydroxylation is 1. The number of sulfonamides is 1. The third-order valence-electron chi connectivity index (χ3n) is 5.21. The van der Waals surface area contributed by atoms with E-state index in [2.05, 4.69) is 15.5 Å². The average Bonchev–Trinajstić information content (AvgIpc) is 3.28. The molecule has 1 N–H and O–H groups in total. The second-order valence-electron chi connectivity index (χ2n) is 7.56. The van der Waals surface area contributed by atoms with E-state index < -0.39 is 10.0 Å². The first-order valence-corrected chi connectivity index (χ1v) is 12.2. The summed E-state index contributed by atoms with van der Waals surface area (Å²) >= 11 is 5.89. The van der Waals surface area contributed by atoms with Crippen molar-refractivity contribution in [1.29, 1.82) is 0 Å². The molecule has 0 saturated carbocycles. The number of halogens is 1. The Kier molecular flexibility index (Phi) is 6.88. The predicted octanol–water partition coefficient (Wildman–Crippen LogP) is 4.14. The van der Waals surface area contributed by atoms with E-state index in [-0.39, 0.29) is 23.6 Å². The summed E-state index contributed by atoms with van der Waals surface area (Å²) in [7, 11) is -3.56. The molecule has 3 aromatic rings. The van der Waals surface area contributed by atoms with Crippen molar-refractivity contribution in [1.82, 2.24) is 14.4 Å². The van der Waals surface area contributed by atoms with Crippen LogP contribution in [0, 0.1) is 0 Å². The standard InChI is InChI=1S/C22H23ClN4O4S/c23-17-9-7-16(8-10-17)22-25-21(31-26-22)12-11-20(28)24-18-5-4-6-19(15-18)32(29,30)27-13-2-1-3-14-27/h4-10,15H,1-3,11-14H2,(H,24,28). The maximum absolute atomic E-state index is 12.9. The highest BCUT2D eigenvalue weighted by Crippen LogP contribution is 2.23. The minimum Gasteiger partial charge on any atom is -0.339 e. The van der Waals surface area contributed by atoms with Crippen LogP contribution in [0.1, 0.15) is 31.6 Å². The highest BCUT2D eigenvalue weighted by molar-refractivity contribution is 7.89. The highest BCUT2D eigenvalue weighted by atomic mass is 35.5. The Labute approximate surface area is 191 Å². The number of hydrogen-bond donors (Lipinski definition) is 1. The van der Waals surface area contributed by atoms with Crippen LogP contribution in [0.2, 0.25) is 5.02 Å². The third kappa shape index (κ3) is 5.35. The van der Waals surface area contributed by atoms with Gasteiger partial charge in [0.1, 0.15) is 0 Å². The van der Waals surface area contributed by atoms with Crippen molar-refractivity contribution in [3.05, 3.63) is 59.4 Å². The van der Waals surface area contributed by atoms with Gasteiger partial charge in [0.2, 0.25) is 27.6 Å². The molecule has 0 bridgehead atoms. The summed E-state index contributed by atoms with van der Waals surface area (Å²) in [6.07, 6.45) is 3.16. The lowest BCUT2D eigenvalue weighted by Gasteiger charge is -2.26. The second kappa shape index (κ2) is 9.81. The number of nitrogens with zero attached hydrogens (tertiary/aromatic N) is 3. The van der Waals surface area contributed by atoms with Crippen molar-refractivity contribution in [2.45, 2.75) is 37.0 Å². The summed E-state index contributed by atoms with van der Waals surface area (Å²) in [5.41, 5.74) is 1.20. The van der Waals surface area contributed by atoms with Gasteiger partial charge < -0.3 is 9.84 Å². The second-order valence-corrected chi connectivity index (χ2v) is 9.93. The van der Waals surface area contributed by atoms with E-state index in [4.69, 9.17) is 16.1 Å². The van der Waals surface area contributed by atoms with Gasteiger partial charge in [-0.2, -0.15) is 9.29 Å². The Morgan fingerprint density at radius 1 is 1.09 bits per heavy atom. The van der Waals surface area contributed by atoms with E-state index >= 15 is 0 Å². The molecule has 2 aromatic carbocycles. The smallest absolute Gasteiger partial charge is 0.243 e. The lowest BCUT2D eigenvalue weighted by molar-refractivity contribution is -0.116. The van der Waals surface area contributed by atoms with Crippen molar-refractivity contribution in [2.24, 2.45) is 0 Å². The molecule has 1 amide bonds. The minimum atomic E-state index is -3.56. The summed E-state index contributed by atoms with van der Waals surface area (Å²) < 4.78 is 32.4. The Morgan fingerprint density at radius 3 is 2.59 bits per heavy atom. The monoisotopic (exact) mass is 474 g/mol. The van der Waals surface area contributed by atoms with Gasteiger partial charge in [0, 0.05) is 42.2 Å². The number of benzene rings is 2. The number of amides is 1. The van der Waals surface area contributed by atoms with Crippen molar-refractivity contribution < 1.29 is 17.7 Å². The number of aromatic nitrogens is 2. The molecule has 32 heavy (non-hydrogen) atoms. The topological polar surface area (TPSA) is 105 Å². The van der Waals surface area contributed by atoms with E-state index in [1.165, 1.54) is 10.4 Å². The number of piperidine rings is 1. The van der Waals surface area contributed by atoms with Gasteiger partial charge in [-0.05, 0) is 55.3 Å². The number of carbonyl (C=O) groups excluding carboxylic acids is 1. The maximum Gasteiger partial charge on any atom is 0.243 e. The number of nitrogens with one attached hydrogen (secondary N) is 1. The maximum atomic E-state index is 12.9. The Balaban J connectivity index is 1.35. The largest absolute Gasteiger partial charge is 0.339 e. The van der Waals surface area contributed by atoms with Crippen molar-refractivity contribution in [3.63, 3.8) is 0 Å². The number of anilines is 1. The SMILES string of the molecule is O=C(CCc1nc(-c2ccc(Cl)cc2)no1)Nc1cccc(S(=O)(=O)N2CCCCC2)c1. The van der Waals surface area contributed by atoms with Crippen LogP contribution in [-0.2, 0) is 21.2 Å². The van der Waals surface area contributed by atoms with Gasteiger partial charge in [-0.15, -0.1) is 0 Å². The fourth-order valence-electron chi connectivity index (χ4n) is 3.51.